The fourth-order valence-electron chi connectivity index (χ4n) is 3.01. The molecule has 1 rings (SSSR count). The molecule has 0 bridgehead atoms. The molecule has 4 heteroatoms. The van der Waals surface area contributed by atoms with Gasteiger partial charge in [0.25, 0.3) is 0 Å². The highest BCUT2D eigenvalue weighted by Crippen LogP contribution is 2.21. The first-order valence-electron chi connectivity index (χ1n) is 10.3. The van der Waals surface area contributed by atoms with Crippen LogP contribution in [0.5, 0.6) is 0 Å². The van der Waals surface area contributed by atoms with Crippen LogP contribution in [0.2, 0.25) is 0 Å². The summed E-state index contributed by atoms with van der Waals surface area (Å²) in [6, 6.07) is 6.84. The molecule has 1 aromatic rings. The lowest BCUT2D eigenvalue weighted by atomic mass is 10.0. The van der Waals surface area contributed by atoms with E-state index in [1.54, 1.807) is 23.9 Å². The minimum absolute atomic E-state index is 0.280. The summed E-state index contributed by atoms with van der Waals surface area (Å²) in [6.07, 6.45) is 15.1. The lowest BCUT2D eigenvalue weighted by Crippen LogP contribution is -2.09. The molecular weight excluding hydrogens is 344 g/mol. The Kier molecular flexibility index (Phi) is 13.4. The maximum absolute atomic E-state index is 10.8. The Morgan fingerprint density at radius 1 is 0.885 bits per heavy atom. The molecule has 26 heavy (non-hydrogen) atoms. The van der Waals surface area contributed by atoms with Gasteiger partial charge in [-0.3, -0.25) is 0 Å². The predicted octanol–water partition coefficient (Wildman–Crippen LogP) is 6.54. The minimum atomic E-state index is -0.905. The van der Waals surface area contributed by atoms with Crippen molar-refractivity contribution in [2.24, 2.45) is 0 Å². The summed E-state index contributed by atoms with van der Waals surface area (Å²) in [6.45, 7) is 2.26. The summed E-state index contributed by atoms with van der Waals surface area (Å²) in [5.74, 6) is -0.234. The van der Waals surface area contributed by atoms with Gasteiger partial charge in [-0.25, -0.2) is 4.79 Å². The Morgan fingerprint density at radius 2 is 1.38 bits per heavy atom. The van der Waals surface area contributed by atoms with Crippen molar-refractivity contribution in [1.82, 2.24) is 0 Å². The van der Waals surface area contributed by atoms with Crippen LogP contribution in [0.3, 0.4) is 0 Å². The highest BCUT2D eigenvalue weighted by Gasteiger charge is 2.06. The van der Waals surface area contributed by atoms with Crippen molar-refractivity contribution in [3.05, 3.63) is 29.8 Å². The number of rotatable bonds is 16. The van der Waals surface area contributed by atoms with Crippen molar-refractivity contribution in [3.8, 4) is 0 Å². The third kappa shape index (κ3) is 11.6. The van der Waals surface area contributed by atoms with E-state index in [-0.39, 0.29) is 6.10 Å². The highest BCUT2D eigenvalue weighted by molar-refractivity contribution is 7.99. The molecule has 1 aromatic carbocycles. The third-order valence-corrected chi connectivity index (χ3v) is 5.84. The fraction of sp³-hybridized carbons (Fsp3) is 0.682. The zero-order valence-electron chi connectivity index (χ0n) is 16.3. The second-order valence-electron chi connectivity index (χ2n) is 7.12. The van der Waals surface area contributed by atoms with Gasteiger partial charge >= 0.3 is 5.97 Å². The van der Waals surface area contributed by atoms with Crippen LogP contribution in [-0.2, 0) is 0 Å². The molecule has 0 aliphatic carbocycles. The first kappa shape index (κ1) is 23.0. The molecular formula is C22H36O3S. The molecule has 0 spiro atoms. The second-order valence-corrected chi connectivity index (χ2v) is 8.21. The molecule has 0 radical (unpaired) electrons. The number of carboxylic acids is 1. The molecule has 1 atom stereocenters. The van der Waals surface area contributed by atoms with Crippen molar-refractivity contribution in [1.29, 1.82) is 0 Å². The van der Waals surface area contributed by atoms with Crippen molar-refractivity contribution < 1.29 is 15.0 Å². The van der Waals surface area contributed by atoms with E-state index >= 15 is 0 Å². The number of aromatic carboxylic acids is 1. The van der Waals surface area contributed by atoms with Crippen LogP contribution >= 0.6 is 11.8 Å². The zero-order valence-corrected chi connectivity index (χ0v) is 17.1. The van der Waals surface area contributed by atoms with E-state index in [0.29, 0.717) is 11.3 Å². The molecule has 2 N–H and O–H groups in total. The molecule has 148 valence electrons. The van der Waals surface area contributed by atoms with E-state index in [4.69, 9.17) is 5.11 Å². The Bertz CT molecular complexity index is 473. The number of carboxylic acid groups (broad SMARTS) is 1. The van der Waals surface area contributed by atoms with Gasteiger partial charge in [0, 0.05) is 10.6 Å². The quantitative estimate of drug-likeness (QED) is 0.252. The molecule has 0 saturated carbocycles. The van der Waals surface area contributed by atoms with E-state index in [1.165, 1.54) is 64.2 Å². The van der Waals surface area contributed by atoms with E-state index in [9.17, 15) is 9.90 Å². The summed E-state index contributed by atoms with van der Waals surface area (Å²) < 4.78 is 0. The Balaban J connectivity index is 1.95. The predicted molar refractivity (Wildman–Crippen MR) is 111 cm³/mol. The van der Waals surface area contributed by atoms with Gasteiger partial charge in [0.15, 0.2) is 0 Å². The van der Waals surface area contributed by atoms with Crippen LogP contribution in [0, 0.1) is 0 Å². The van der Waals surface area contributed by atoms with E-state index < -0.39 is 5.97 Å². The summed E-state index contributed by atoms with van der Waals surface area (Å²) in [5, 5.41) is 19.0. The van der Waals surface area contributed by atoms with E-state index in [1.807, 2.05) is 12.1 Å². The van der Waals surface area contributed by atoms with Crippen molar-refractivity contribution in [2.45, 2.75) is 95.0 Å². The highest BCUT2D eigenvalue weighted by atomic mass is 32.2. The van der Waals surface area contributed by atoms with Gasteiger partial charge in [0.05, 0.1) is 11.7 Å². The average Bonchev–Trinajstić information content (AvgIpc) is 2.64. The number of benzene rings is 1. The van der Waals surface area contributed by atoms with Crippen molar-refractivity contribution >= 4 is 17.7 Å². The summed E-state index contributed by atoms with van der Waals surface area (Å²) >= 11 is 1.59. The molecule has 0 saturated heterocycles. The standard InChI is InChI=1S/C22H36O3S/c1-2-3-4-5-6-7-8-9-10-11-12-13-20(23)18-26-21-16-14-19(15-17-21)22(24)25/h14-17,20,23H,2-13,18H2,1H3,(H,24,25). The van der Waals surface area contributed by atoms with Crippen LogP contribution in [0.15, 0.2) is 29.2 Å². The van der Waals surface area contributed by atoms with Crippen LogP contribution in [0.4, 0.5) is 0 Å². The first-order valence-corrected chi connectivity index (χ1v) is 11.3. The summed E-state index contributed by atoms with van der Waals surface area (Å²) in [4.78, 5) is 11.8. The van der Waals surface area contributed by atoms with Crippen LogP contribution in [-0.4, -0.2) is 28.0 Å². The maximum atomic E-state index is 10.8. The lowest BCUT2D eigenvalue weighted by Gasteiger charge is -2.10. The Labute approximate surface area is 163 Å². The normalized spacial score (nSPS) is 12.2. The van der Waals surface area contributed by atoms with Gasteiger partial charge in [-0.2, -0.15) is 0 Å². The molecule has 0 fully saturated rings. The average molecular weight is 381 g/mol. The second kappa shape index (κ2) is 15.1. The molecule has 0 amide bonds. The van der Waals surface area contributed by atoms with Crippen LogP contribution in [0.25, 0.3) is 0 Å². The van der Waals surface area contributed by atoms with Gasteiger partial charge in [0.1, 0.15) is 0 Å². The number of hydrogen-bond donors (Lipinski definition) is 2. The number of thioether (sulfide) groups is 1. The maximum Gasteiger partial charge on any atom is 0.335 e. The topological polar surface area (TPSA) is 57.5 Å². The number of aliphatic hydroxyl groups is 1. The minimum Gasteiger partial charge on any atom is -0.478 e. The molecule has 0 aromatic heterocycles. The van der Waals surface area contributed by atoms with Gasteiger partial charge < -0.3 is 10.2 Å². The van der Waals surface area contributed by atoms with Crippen LogP contribution < -0.4 is 0 Å². The number of carbonyl (C=O) groups is 1. The number of unbranched alkanes of at least 4 members (excludes halogenated alkanes) is 10. The number of aliphatic hydroxyl groups excluding tert-OH is 1. The molecule has 0 heterocycles. The summed E-state index contributed by atoms with van der Waals surface area (Å²) in [5.41, 5.74) is 0.302. The van der Waals surface area contributed by atoms with Crippen molar-refractivity contribution in [3.63, 3.8) is 0 Å². The third-order valence-electron chi connectivity index (χ3n) is 4.68. The van der Waals surface area contributed by atoms with Crippen molar-refractivity contribution in [2.75, 3.05) is 5.75 Å². The molecule has 3 nitrogen and oxygen atoms in total. The monoisotopic (exact) mass is 380 g/mol. The largest absolute Gasteiger partial charge is 0.478 e. The summed E-state index contributed by atoms with van der Waals surface area (Å²) in [7, 11) is 0. The Morgan fingerprint density at radius 3 is 1.88 bits per heavy atom. The van der Waals surface area contributed by atoms with Gasteiger partial charge in [-0.05, 0) is 30.7 Å². The lowest BCUT2D eigenvalue weighted by molar-refractivity contribution is 0.0696. The molecule has 1 unspecified atom stereocenters. The fourth-order valence-corrected chi connectivity index (χ4v) is 3.89. The van der Waals surface area contributed by atoms with Gasteiger partial charge in [-0.15, -0.1) is 11.8 Å². The Hall–Kier alpha value is -1.00. The molecule has 0 aliphatic heterocycles. The van der Waals surface area contributed by atoms with Gasteiger partial charge in [0.2, 0.25) is 0 Å². The molecule has 0 aliphatic rings. The van der Waals surface area contributed by atoms with E-state index in [2.05, 4.69) is 6.92 Å². The SMILES string of the molecule is CCCCCCCCCCCCCC(O)CSc1ccc(C(=O)O)cc1. The number of hydrogen-bond acceptors (Lipinski definition) is 3. The van der Waals surface area contributed by atoms with Gasteiger partial charge in [-0.1, -0.05) is 77.6 Å². The zero-order chi connectivity index (χ0) is 19.0. The first-order chi connectivity index (χ1) is 12.6. The smallest absolute Gasteiger partial charge is 0.335 e. The van der Waals surface area contributed by atoms with Crippen LogP contribution in [0.1, 0.15) is 94.3 Å². The van der Waals surface area contributed by atoms with E-state index in [0.717, 1.165) is 17.7 Å².